The van der Waals surface area contributed by atoms with Gasteiger partial charge in [-0.25, -0.2) is 0 Å². The lowest BCUT2D eigenvalue weighted by molar-refractivity contribution is 0.0641. The average Bonchev–Trinajstić information content (AvgIpc) is 2.73. The van der Waals surface area contributed by atoms with E-state index in [2.05, 4.69) is 25.9 Å². The summed E-state index contributed by atoms with van der Waals surface area (Å²) in [5.41, 5.74) is 2.85. The summed E-state index contributed by atoms with van der Waals surface area (Å²) in [6, 6.07) is 16.4. The molecular weight excluding hydrogens is 336 g/mol. The molecule has 0 N–H and O–H groups in total. The first-order valence-corrected chi connectivity index (χ1v) is 9.70. The van der Waals surface area contributed by atoms with Gasteiger partial charge < -0.3 is 14.5 Å². The van der Waals surface area contributed by atoms with Crippen molar-refractivity contribution in [1.82, 2.24) is 9.80 Å². The second kappa shape index (κ2) is 8.57. The number of carbonyl (C=O) groups excluding carboxylic acids is 1. The Balaban J connectivity index is 1.71. The molecule has 2 aromatic carbocycles. The highest BCUT2D eigenvalue weighted by atomic mass is 16.5. The van der Waals surface area contributed by atoms with E-state index in [1.807, 2.05) is 53.4 Å². The Morgan fingerprint density at radius 2 is 1.70 bits per heavy atom. The maximum atomic E-state index is 13.0. The lowest BCUT2D eigenvalue weighted by Crippen LogP contribution is -2.43. The van der Waals surface area contributed by atoms with Gasteiger partial charge in [0, 0.05) is 24.7 Å². The van der Waals surface area contributed by atoms with E-state index in [-0.39, 0.29) is 5.91 Å². The van der Waals surface area contributed by atoms with Gasteiger partial charge >= 0.3 is 0 Å². The van der Waals surface area contributed by atoms with Crippen molar-refractivity contribution in [3.05, 3.63) is 54.1 Å². The van der Waals surface area contributed by atoms with E-state index in [0.717, 1.165) is 48.4 Å². The average molecular weight is 367 g/mol. The van der Waals surface area contributed by atoms with E-state index in [0.29, 0.717) is 12.0 Å². The van der Waals surface area contributed by atoms with Crippen LogP contribution in [0.3, 0.4) is 0 Å². The minimum Gasteiger partial charge on any atom is -0.497 e. The topological polar surface area (TPSA) is 32.8 Å². The molecule has 27 heavy (non-hydrogen) atoms. The molecule has 1 fully saturated rings. The van der Waals surface area contributed by atoms with Crippen molar-refractivity contribution in [2.45, 2.75) is 25.8 Å². The predicted molar refractivity (Wildman–Crippen MR) is 110 cm³/mol. The Kier molecular flexibility index (Phi) is 6.17. The maximum absolute atomic E-state index is 13.0. The van der Waals surface area contributed by atoms with Crippen molar-refractivity contribution in [3.8, 4) is 16.9 Å². The van der Waals surface area contributed by atoms with E-state index in [1.54, 1.807) is 7.11 Å². The van der Waals surface area contributed by atoms with Gasteiger partial charge in [-0.1, -0.05) is 24.3 Å². The van der Waals surface area contributed by atoms with Crippen molar-refractivity contribution >= 4 is 5.91 Å². The summed E-state index contributed by atoms with van der Waals surface area (Å²) in [6.07, 6.45) is 2.14. The highest BCUT2D eigenvalue weighted by Gasteiger charge is 2.27. The van der Waals surface area contributed by atoms with E-state index in [4.69, 9.17) is 4.74 Å². The number of hydrogen-bond donors (Lipinski definition) is 0. The van der Waals surface area contributed by atoms with Crippen LogP contribution in [-0.4, -0.2) is 56.0 Å². The van der Waals surface area contributed by atoms with Gasteiger partial charge in [0.05, 0.1) is 7.11 Å². The molecular formula is C23H30N2O2. The number of methoxy groups -OCH3 is 1. The second-order valence-corrected chi connectivity index (χ2v) is 7.65. The molecule has 0 saturated carbocycles. The summed E-state index contributed by atoms with van der Waals surface area (Å²) in [6.45, 7) is 3.95. The number of carbonyl (C=O) groups is 1. The summed E-state index contributed by atoms with van der Waals surface area (Å²) in [5.74, 6) is 1.61. The number of benzene rings is 2. The molecule has 0 spiro atoms. The van der Waals surface area contributed by atoms with Gasteiger partial charge in [0.25, 0.3) is 5.91 Å². The predicted octanol–water partition coefficient (Wildman–Crippen LogP) is 4.16. The van der Waals surface area contributed by atoms with E-state index in [1.165, 1.54) is 0 Å². The molecule has 1 aliphatic heterocycles. The Morgan fingerprint density at radius 3 is 2.33 bits per heavy atom. The summed E-state index contributed by atoms with van der Waals surface area (Å²) in [7, 11) is 5.93. The molecule has 1 unspecified atom stereocenters. The molecule has 1 heterocycles. The fourth-order valence-corrected chi connectivity index (χ4v) is 3.82. The normalized spacial score (nSPS) is 16.4. The molecule has 4 nitrogen and oxygen atoms in total. The maximum Gasteiger partial charge on any atom is 0.253 e. The molecule has 4 heteroatoms. The molecule has 1 aliphatic rings. The van der Waals surface area contributed by atoms with Gasteiger partial charge in [-0.15, -0.1) is 0 Å². The molecule has 2 aromatic rings. The summed E-state index contributed by atoms with van der Waals surface area (Å²) in [5, 5.41) is 0. The minimum atomic E-state index is 0.135. The molecule has 3 rings (SSSR count). The van der Waals surface area contributed by atoms with E-state index < -0.39 is 0 Å². The SMILES string of the molecule is COc1cccc(-c2cccc(C(=O)N3CCC(C(C)N(C)C)CC3)c2)c1. The highest BCUT2D eigenvalue weighted by Crippen LogP contribution is 2.27. The van der Waals surface area contributed by atoms with Crippen LogP contribution in [0.5, 0.6) is 5.75 Å². The van der Waals surface area contributed by atoms with Crippen LogP contribution >= 0.6 is 0 Å². The first kappa shape index (κ1) is 19.4. The Labute approximate surface area is 162 Å². The van der Waals surface area contributed by atoms with Gasteiger partial charge in [-0.3, -0.25) is 4.79 Å². The number of hydrogen-bond acceptors (Lipinski definition) is 3. The first-order valence-electron chi connectivity index (χ1n) is 9.70. The van der Waals surface area contributed by atoms with Gasteiger partial charge in [-0.2, -0.15) is 0 Å². The van der Waals surface area contributed by atoms with Crippen LogP contribution in [0.2, 0.25) is 0 Å². The van der Waals surface area contributed by atoms with Crippen molar-refractivity contribution in [3.63, 3.8) is 0 Å². The number of amides is 1. The van der Waals surface area contributed by atoms with Crippen LogP contribution in [-0.2, 0) is 0 Å². The van der Waals surface area contributed by atoms with Gasteiger partial charge in [0.15, 0.2) is 0 Å². The Morgan fingerprint density at radius 1 is 1.07 bits per heavy atom. The fourth-order valence-electron chi connectivity index (χ4n) is 3.82. The molecule has 144 valence electrons. The number of ether oxygens (including phenoxy) is 1. The number of likely N-dealkylation sites (tertiary alicyclic amines) is 1. The summed E-state index contributed by atoms with van der Waals surface area (Å²) >= 11 is 0. The van der Waals surface area contributed by atoms with Gasteiger partial charge in [0.1, 0.15) is 5.75 Å². The van der Waals surface area contributed by atoms with E-state index in [9.17, 15) is 4.79 Å². The third kappa shape index (κ3) is 4.51. The van der Waals surface area contributed by atoms with Gasteiger partial charge in [-0.05, 0) is 75.2 Å². The lowest BCUT2D eigenvalue weighted by atomic mass is 9.89. The van der Waals surface area contributed by atoms with Crippen LogP contribution in [0, 0.1) is 5.92 Å². The van der Waals surface area contributed by atoms with Crippen molar-refractivity contribution < 1.29 is 9.53 Å². The third-order valence-electron chi connectivity index (χ3n) is 5.84. The fraction of sp³-hybridized carbons (Fsp3) is 0.435. The number of piperidine rings is 1. The molecule has 1 amide bonds. The first-order chi connectivity index (χ1) is 13.0. The summed E-state index contributed by atoms with van der Waals surface area (Å²) in [4.78, 5) is 17.3. The Hall–Kier alpha value is -2.33. The quantitative estimate of drug-likeness (QED) is 0.796. The Bertz CT molecular complexity index is 779. The van der Waals surface area contributed by atoms with Crippen LogP contribution < -0.4 is 4.74 Å². The smallest absolute Gasteiger partial charge is 0.253 e. The molecule has 1 atom stereocenters. The monoisotopic (exact) mass is 366 g/mol. The molecule has 0 aromatic heterocycles. The van der Waals surface area contributed by atoms with Crippen molar-refractivity contribution in [1.29, 1.82) is 0 Å². The number of rotatable bonds is 5. The standard InChI is InChI=1S/C23H30N2O2/c1-17(24(2)3)18-11-13-25(14-12-18)23(26)21-9-5-7-19(15-21)20-8-6-10-22(16-20)27-4/h5-10,15-18H,11-14H2,1-4H3. The molecule has 1 saturated heterocycles. The second-order valence-electron chi connectivity index (χ2n) is 7.65. The summed E-state index contributed by atoms with van der Waals surface area (Å²) < 4.78 is 5.32. The van der Waals surface area contributed by atoms with Gasteiger partial charge in [0.2, 0.25) is 0 Å². The lowest BCUT2D eigenvalue weighted by Gasteiger charge is -2.37. The zero-order valence-electron chi connectivity index (χ0n) is 16.8. The van der Waals surface area contributed by atoms with Crippen LogP contribution in [0.4, 0.5) is 0 Å². The highest BCUT2D eigenvalue weighted by molar-refractivity contribution is 5.95. The molecule has 0 radical (unpaired) electrons. The van der Waals surface area contributed by atoms with Crippen LogP contribution in [0.25, 0.3) is 11.1 Å². The van der Waals surface area contributed by atoms with Crippen molar-refractivity contribution in [2.75, 3.05) is 34.3 Å². The minimum absolute atomic E-state index is 0.135. The van der Waals surface area contributed by atoms with Crippen LogP contribution in [0.15, 0.2) is 48.5 Å². The molecule has 0 aliphatic carbocycles. The zero-order valence-corrected chi connectivity index (χ0v) is 16.8. The number of nitrogens with zero attached hydrogens (tertiary/aromatic N) is 2. The third-order valence-corrected chi connectivity index (χ3v) is 5.84. The van der Waals surface area contributed by atoms with Crippen LogP contribution in [0.1, 0.15) is 30.1 Å². The largest absolute Gasteiger partial charge is 0.497 e. The zero-order chi connectivity index (χ0) is 19.4. The van der Waals surface area contributed by atoms with Crippen molar-refractivity contribution in [2.24, 2.45) is 5.92 Å². The molecule has 0 bridgehead atoms. The van der Waals surface area contributed by atoms with E-state index >= 15 is 0 Å².